The van der Waals surface area contributed by atoms with Crippen LogP contribution in [-0.2, 0) is 6.54 Å². The fraction of sp³-hybridized carbons (Fsp3) is 0.158. The van der Waals surface area contributed by atoms with Crippen LogP contribution in [0.5, 0.6) is 11.5 Å². The Balaban J connectivity index is 1.69. The number of methoxy groups -OCH3 is 2. The number of anilines is 3. The van der Waals surface area contributed by atoms with Crippen molar-refractivity contribution >= 4 is 29.1 Å². The van der Waals surface area contributed by atoms with Crippen LogP contribution in [0.4, 0.5) is 17.5 Å². The fourth-order valence-electron chi connectivity index (χ4n) is 2.35. The maximum Gasteiger partial charge on any atom is 0.229 e. The van der Waals surface area contributed by atoms with Crippen molar-refractivity contribution in [3.8, 4) is 11.5 Å². The standard InChI is InChI=1S/C19H19ClN4O2/c1-25-15-6-3-13(4-7-15)12-22-18-9-10-21-19(24-18)23-16-11-14(20)5-8-17(16)26-2/h3-11H,12H2,1-2H3,(H2,21,22,23,24). The highest BCUT2D eigenvalue weighted by Gasteiger charge is 2.07. The average molecular weight is 371 g/mol. The van der Waals surface area contributed by atoms with Gasteiger partial charge in [0.05, 0.1) is 19.9 Å². The van der Waals surface area contributed by atoms with Gasteiger partial charge in [0, 0.05) is 17.8 Å². The molecule has 1 aromatic heterocycles. The van der Waals surface area contributed by atoms with Crippen molar-refractivity contribution in [1.82, 2.24) is 9.97 Å². The summed E-state index contributed by atoms with van der Waals surface area (Å²) < 4.78 is 10.5. The Hall–Kier alpha value is -2.99. The van der Waals surface area contributed by atoms with E-state index in [-0.39, 0.29) is 0 Å². The number of hydrogen-bond donors (Lipinski definition) is 2. The topological polar surface area (TPSA) is 68.3 Å². The number of nitrogens with zero attached hydrogens (tertiary/aromatic N) is 2. The highest BCUT2D eigenvalue weighted by atomic mass is 35.5. The third kappa shape index (κ3) is 4.55. The van der Waals surface area contributed by atoms with Crippen LogP contribution < -0.4 is 20.1 Å². The van der Waals surface area contributed by atoms with Gasteiger partial charge in [0.1, 0.15) is 17.3 Å². The van der Waals surface area contributed by atoms with Gasteiger partial charge >= 0.3 is 0 Å². The molecule has 0 atom stereocenters. The molecule has 0 radical (unpaired) electrons. The fourth-order valence-corrected chi connectivity index (χ4v) is 2.52. The molecule has 6 nitrogen and oxygen atoms in total. The molecule has 0 amide bonds. The number of ether oxygens (including phenoxy) is 2. The molecule has 134 valence electrons. The zero-order chi connectivity index (χ0) is 18.4. The maximum absolute atomic E-state index is 6.05. The summed E-state index contributed by atoms with van der Waals surface area (Å²) in [6, 6.07) is 15.0. The molecule has 2 N–H and O–H groups in total. The molecule has 0 aliphatic rings. The first kappa shape index (κ1) is 17.8. The molecule has 0 bridgehead atoms. The monoisotopic (exact) mass is 370 g/mol. The molecule has 0 aliphatic carbocycles. The molecule has 7 heteroatoms. The van der Waals surface area contributed by atoms with Gasteiger partial charge in [-0.25, -0.2) is 4.98 Å². The van der Waals surface area contributed by atoms with E-state index in [4.69, 9.17) is 21.1 Å². The van der Waals surface area contributed by atoms with Gasteiger partial charge in [-0.3, -0.25) is 0 Å². The van der Waals surface area contributed by atoms with E-state index < -0.39 is 0 Å². The first-order valence-electron chi connectivity index (χ1n) is 7.98. The van der Waals surface area contributed by atoms with E-state index in [1.54, 1.807) is 38.6 Å². The van der Waals surface area contributed by atoms with E-state index >= 15 is 0 Å². The van der Waals surface area contributed by atoms with Crippen molar-refractivity contribution in [3.05, 3.63) is 65.3 Å². The quantitative estimate of drug-likeness (QED) is 0.638. The Morgan fingerprint density at radius 1 is 1.00 bits per heavy atom. The highest BCUT2D eigenvalue weighted by molar-refractivity contribution is 6.31. The predicted octanol–water partition coefficient (Wildman–Crippen LogP) is 4.50. The molecule has 0 unspecified atom stereocenters. The molecule has 1 heterocycles. The molecule has 0 saturated carbocycles. The van der Waals surface area contributed by atoms with Crippen molar-refractivity contribution in [2.75, 3.05) is 24.9 Å². The van der Waals surface area contributed by atoms with E-state index in [0.29, 0.717) is 34.8 Å². The second-order valence-electron chi connectivity index (χ2n) is 5.44. The first-order chi connectivity index (χ1) is 12.7. The summed E-state index contributed by atoms with van der Waals surface area (Å²) in [6.45, 7) is 0.640. The molecule has 26 heavy (non-hydrogen) atoms. The molecule has 0 aliphatic heterocycles. The summed E-state index contributed by atoms with van der Waals surface area (Å²) in [5.74, 6) is 2.65. The van der Waals surface area contributed by atoms with Crippen molar-refractivity contribution in [2.45, 2.75) is 6.54 Å². The molecule has 2 aromatic carbocycles. The minimum absolute atomic E-state index is 0.449. The van der Waals surface area contributed by atoms with Gasteiger partial charge in [0.2, 0.25) is 5.95 Å². The van der Waals surface area contributed by atoms with Gasteiger partial charge < -0.3 is 20.1 Å². The Morgan fingerprint density at radius 3 is 2.54 bits per heavy atom. The van der Waals surface area contributed by atoms with Crippen LogP contribution in [0.25, 0.3) is 0 Å². The summed E-state index contributed by atoms with van der Waals surface area (Å²) in [5, 5.41) is 7.00. The minimum atomic E-state index is 0.449. The number of aromatic nitrogens is 2. The Kier molecular flexibility index (Phi) is 5.76. The lowest BCUT2D eigenvalue weighted by atomic mass is 10.2. The number of hydrogen-bond acceptors (Lipinski definition) is 6. The van der Waals surface area contributed by atoms with Crippen LogP contribution >= 0.6 is 11.6 Å². The summed E-state index contributed by atoms with van der Waals surface area (Å²) in [5.41, 5.74) is 1.82. The molecular weight excluding hydrogens is 352 g/mol. The Morgan fingerprint density at radius 2 is 1.81 bits per heavy atom. The van der Waals surface area contributed by atoms with E-state index in [9.17, 15) is 0 Å². The molecule has 0 spiro atoms. The van der Waals surface area contributed by atoms with Crippen LogP contribution in [0.2, 0.25) is 5.02 Å². The van der Waals surface area contributed by atoms with Crippen LogP contribution in [-0.4, -0.2) is 24.2 Å². The zero-order valence-electron chi connectivity index (χ0n) is 14.5. The summed E-state index contributed by atoms with van der Waals surface area (Å²) in [7, 11) is 3.25. The van der Waals surface area contributed by atoms with Gasteiger partial charge in [-0.1, -0.05) is 23.7 Å². The molecule has 3 rings (SSSR count). The number of rotatable bonds is 7. The van der Waals surface area contributed by atoms with Crippen molar-refractivity contribution in [1.29, 1.82) is 0 Å². The summed E-state index contributed by atoms with van der Waals surface area (Å²) in [4.78, 5) is 8.71. The third-order valence-corrected chi connectivity index (χ3v) is 3.93. The van der Waals surface area contributed by atoms with E-state index in [0.717, 1.165) is 11.3 Å². The molecule has 0 fully saturated rings. The normalized spacial score (nSPS) is 10.3. The number of nitrogens with one attached hydrogen (secondary N) is 2. The predicted molar refractivity (Wildman–Crippen MR) is 104 cm³/mol. The van der Waals surface area contributed by atoms with Crippen LogP contribution in [0, 0.1) is 0 Å². The zero-order valence-corrected chi connectivity index (χ0v) is 15.2. The second-order valence-corrected chi connectivity index (χ2v) is 5.87. The number of benzene rings is 2. The second kappa shape index (κ2) is 8.40. The lowest BCUT2D eigenvalue weighted by molar-refractivity contribution is 0.414. The summed E-state index contributed by atoms with van der Waals surface area (Å²) >= 11 is 6.05. The Labute approximate surface area is 157 Å². The first-order valence-corrected chi connectivity index (χ1v) is 8.36. The SMILES string of the molecule is COc1ccc(CNc2ccnc(Nc3cc(Cl)ccc3OC)n2)cc1. The average Bonchev–Trinajstić information content (AvgIpc) is 2.67. The van der Waals surface area contributed by atoms with Gasteiger partial charge in [-0.05, 0) is 42.0 Å². The van der Waals surface area contributed by atoms with Gasteiger partial charge in [-0.2, -0.15) is 4.98 Å². The highest BCUT2D eigenvalue weighted by Crippen LogP contribution is 2.29. The largest absolute Gasteiger partial charge is 0.497 e. The lowest BCUT2D eigenvalue weighted by Crippen LogP contribution is -2.04. The van der Waals surface area contributed by atoms with Gasteiger partial charge in [0.15, 0.2) is 0 Å². The molecular formula is C19H19ClN4O2. The van der Waals surface area contributed by atoms with E-state index in [1.807, 2.05) is 30.3 Å². The van der Waals surface area contributed by atoms with Gasteiger partial charge in [0.25, 0.3) is 0 Å². The van der Waals surface area contributed by atoms with Crippen LogP contribution in [0.1, 0.15) is 5.56 Å². The van der Waals surface area contributed by atoms with Gasteiger partial charge in [-0.15, -0.1) is 0 Å². The third-order valence-electron chi connectivity index (χ3n) is 3.70. The molecule has 3 aromatic rings. The number of halogens is 1. The Bertz CT molecular complexity index is 872. The van der Waals surface area contributed by atoms with Crippen molar-refractivity contribution in [2.24, 2.45) is 0 Å². The smallest absolute Gasteiger partial charge is 0.229 e. The lowest BCUT2D eigenvalue weighted by Gasteiger charge is -2.11. The van der Waals surface area contributed by atoms with Crippen LogP contribution in [0.15, 0.2) is 54.7 Å². The maximum atomic E-state index is 6.05. The van der Waals surface area contributed by atoms with E-state index in [2.05, 4.69) is 20.6 Å². The summed E-state index contributed by atoms with van der Waals surface area (Å²) in [6.07, 6.45) is 1.68. The van der Waals surface area contributed by atoms with Crippen LogP contribution in [0.3, 0.4) is 0 Å². The molecule has 0 saturated heterocycles. The van der Waals surface area contributed by atoms with Crippen molar-refractivity contribution in [3.63, 3.8) is 0 Å². The van der Waals surface area contributed by atoms with E-state index in [1.165, 1.54) is 0 Å². The van der Waals surface area contributed by atoms with Crippen molar-refractivity contribution < 1.29 is 9.47 Å². The minimum Gasteiger partial charge on any atom is -0.497 e.